The average molecular weight is 349 g/mol. The fraction of sp³-hybridized carbons (Fsp3) is 1.00. The largest absolute Gasteiger partial charge is 0.478 e. The molecular formula is C5H20O8Si5. The Morgan fingerprint density at radius 1 is 0.667 bits per heavy atom. The Morgan fingerprint density at radius 3 is 1.28 bits per heavy atom. The molecule has 1 rings (SSSR count). The van der Waals surface area contributed by atoms with Crippen LogP contribution in [0.3, 0.4) is 0 Å². The maximum atomic E-state index is 10.0. The molecule has 3 N–H and O–H groups in total. The summed E-state index contributed by atoms with van der Waals surface area (Å²) in [5.74, 6) is 0. The van der Waals surface area contributed by atoms with Crippen molar-refractivity contribution in [3.63, 3.8) is 0 Å². The van der Waals surface area contributed by atoms with Gasteiger partial charge in [0.1, 0.15) is 0 Å². The highest BCUT2D eigenvalue weighted by atomic mass is 28.5. The zero-order chi connectivity index (χ0) is 14.2. The first-order chi connectivity index (χ1) is 7.91. The van der Waals surface area contributed by atoms with E-state index in [0.29, 0.717) is 0 Å². The first-order valence-electron chi connectivity index (χ1n) is 5.49. The van der Waals surface area contributed by atoms with Crippen molar-refractivity contribution in [1.29, 1.82) is 0 Å². The van der Waals surface area contributed by atoms with E-state index in [4.69, 9.17) is 20.6 Å². The number of hydrogen-bond donors (Lipinski definition) is 3. The first kappa shape index (κ1) is 16.8. The van der Waals surface area contributed by atoms with Crippen LogP contribution < -0.4 is 0 Å². The summed E-state index contributed by atoms with van der Waals surface area (Å²) < 4.78 is 26.5. The van der Waals surface area contributed by atoms with Gasteiger partial charge in [0.05, 0.1) is 0 Å². The molecule has 13 heteroatoms. The van der Waals surface area contributed by atoms with Crippen LogP contribution in [0.25, 0.3) is 0 Å². The van der Waals surface area contributed by atoms with Crippen molar-refractivity contribution in [3.8, 4) is 0 Å². The maximum Gasteiger partial charge on any atom is 0.478 e. The smallest absolute Gasteiger partial charge is 0.397 e. The Morgan fingerprint density at radius 2 is 0.944 bits per heavy atom. The van der Waals surface area contributed by atoms with E-state index in [9.17, 15) is 14.4 Å². The lowest BCUT2D eigenvalue weighted by molar-refractivity contribution is 0.140. The van der Waals surface area contributed by atoms with Crippen molar-refractivity contribution < 1.29 is 35.0 Å². The van der Waals surface area contributed by atoms with Crippen molar-refractivity contribution in [1.82, 2.24) is 0 Å². The molecule has 5 atom stereocenters. The summed E-state index contributed by atoms with van der Waals surface area (Å²) in [7, 11) is -15.0. The van der Waals surface area contributed by atoms with Gasteiger partial charge >= 0.3 is 45.0 Å². The second-order valence-electron chi connectivity index (χ2n) is 4.40. The van der Waals surface area contributed by atoms with Crippen LogP contribution in [-0.4, -0.2) is 59.4 Å². The Kier molecular flexibility index (Phi) is 5.27. The predicted molar refractivity (Wildman–Crippen MR) is 73.0 cm³/mol. The fourth-order valence-electron chi connectivity index (χ4n) is 1.71. The molecule has 0 bridgehead atoms. The molecule has 0 aromatic heterocycles. The minimum atomic E-state index is -3.52. The molecule has 1 heterocycles. The lowest BCUT2D eigenvalue weighted by Crippen LogP contribution is -2.60. The van der Waals surface area contributed by atoms with E-state index in [1.54, 1.807) is 13.1 Å². The standard InChI is InChI=1S/C5H20O8Si5/c1-14-9-16(3,6)10-15(2)12-18(5,8)13-17(4,7)11-14/h6-8,14-15H,1-5H3/t14-,15+,16?,17-,18+. The topological polar surface area (TPSA) is 107 Å². The van der Waals surface area contributed by atoms with E-state index in [-0.39, 0.29) is 0 Å². The van der Waals surface area contributed by atoms with Crippen molar-refractivity contribution in [2.75, 3.05) is 0 Å². The highest BCUT2D eigenvalue weighted by molar-refractivity contribution is 6.82. The molecule has 1 saturated heterocycles. The van der Waals surface area contributed by atoms with Crippen LogP contribution in [0.2, 0.25) is 32.7 Å². The quantitative estimate of drug-likeness (QED) is 0.453. The monoisotopic (exact) mass is 348 g/mol. The molecule has 8 nitrogen and oxygen atoms in total. The summed E-state index contributed by atoms with van der Waals surface area (Å²) in [6.07, 6.45) is 0. The molecule has 1 fully saturated rings. The van der Waals surface area contributed by atoms with E-state index < -0.39 is 45.0 Å². The molecule has 1 aliphatic rings. The number of rotatable bonds is 0. The van der Waals surface area contributed by atoms with Crippen molar-refractivity contribution in [2.45, 2.75) is 32.7 Å². The highest BCUT2D eigenvalue weighted by Gasteiger charge is 2.49. The van der Waals surface area contributed by atoms with E-state index in [1.807, 2.05) is 0 Å². The average Bonchev–Trinajstić information content (AvgIpc) is 1.90. The van der Waals surface area contributed by atoms with Gasteiger partial charge in [-0.2, -0.15) is 0 Å². The van der Waals surface area contributed by atoms with Crippen LogP contribution in [0.4, 0.5) is 0 Å². The van der Waals surface area contributed by atoms with Crippen LogP contribution in [0.1, 0.15) is 0 Å². The molecule has 0 radical (unpaired) electrons. The second-order valence-corrected chi connectivity index (χ2v) is 16.6. The third-order valence-corrected chi connectivity index (χ3v) is 17.3. The van der Waals surface area contributed by atoms with Crippen molar-refractivity contribution >= 4 is 45.0 Å². The lowest BCUT2D eigenvalue weighted by Gasteiger charge is -2.36. The second kappa shape index (κ2) is 5.64. The van der Waals surface area contributed by atoms with Gasteiger partial charge in [-0.3, -0.25) is 0 Å². The fourth-order valence-corrected chi connectivity index (χ4v) is 17.6. The molecule has 1 aliphatic heterocycles. The molecule has 0 aromatic carbocycles. The maximum absolute atomic E-state index is 10.0. The summed E-state index contributed by atoms with van der Waals surface area (Å²) >= 11 is 0. The third-order valence-electron chi connectivity index (χ3n) is 1.92. The molecule has 108 valence electrons. The van der Waals surface area contributed by atoms with Crippen LogP contribution in [0, 0.1) is 0 Å². The van der Waals surface area contributed by atoms with E-state index in [2.05, 4.69) is 0 Å². The SMILES string of the molecule is C[Si@@H]1O[Si](C)(O)O[Si@H](C)O[Si@](C)(O)O[Si@](C)(O)O1. The molecule has 0 saturated carbocycles. The predicted octanol–water partition coefficient (Wildman–Crippen LogP) is -1.53. The van der Waals surface area contributed by atoms with Gasteiger partial charge in [-0.15, -0.1) is 0 Å². The summed E-state index contributed by atoms with van der Waals surface area (Å²) in [5.41, 5.74) is 0. The van der Waals surface area contributed by atoms with Crippen LogP contribution in [0.15, 0.2) is 0 Å². The molecule has 0 aromatic rings. The van der Waals surface area contributed by atoms with Gasteiger partial charge in [0.15, 0.2) is 0 Å². The minimum Gasteiger partial charge on any atom is -0.397 e. The first-order valence-corrected chi connectivity index (χ1v) is 16.5. The van der Waals surface area contributed by atoms with E-state index in [1.165, 1.54) is 19.6 Å². The van der Waals surface area contributed by atoms with Gasteiger partial charge in [0.25, 0.3) is 0 Å². The zero-order valence-electron chi connectivity index (χ0n) is 11.0. The van der Waals surface area contributed by atoms with Crippen molar-refractivity contribution in [2.24, 2.45) is 0 Å². The van der Waals surface area contributed by atoms with Gasteiger partial charge < -0.3 is 35.0 Å². The number of hydrogen-bond acceptors (Lipinski definition) is 8. The van der Waals surface area contributed by atoms with Gasteiger partial charge in [0, 0.05) is 19.6 Å². The normalized spacial score (nSPS) is 52.0. The van der Waals surface area contributed by atoms with Gasteiger partial charge in [-0.1, -0.05) is 0 Å². The zero-order valence-corrected chi connectivity index (χ0v) is 16.3. The lowest BCUT2D eigenvalue weighted by atomic mass is 11.9. The van der Waals surface area contributed by atoms with Crippen molar-refractivity contribution in [3.05, 3.63) is 0 Å². The Bertz CT molecular complexity index is 272. The van der Waals surface area contributed by atoms with Crippen LogP contribution in [0.5, 0.6) is 0 Å². The van der Waals surface area contributed by atoms with E-state index in [0.717, 1.165) is 0 Å². The van der Waals surface area contributed by atoms with Gasteiger partial charge in [0.2, 0.25) is 0 Å². The molecule has 0 aliphatic carbocycles. The van der Waals surface area contributed by atoms with Gasteiger partial charge in [-0.05, 0) is 13.1 Å². The molecular weight excluding hydrogens is 328 g/mol. The summed E-state index contributed by atoms with van der Waals surface area (Å²) in [6, 6.07) is 0. The molecule has 0 spiro atoms. The summed E-state index contributed by atoms with van der Waals surface area (Å²) in [5, 5.41) is 0. The Labute approximate surface area is 113 Å². The van der Waals surface area contributed by atoms with Crippen LogP contribution in [-0.2, 0) is 20.6 Å². The third kappa shape index (κ3) is 5.82. The molecule has 1 unspecified atom stereocenters. The summed E-state index contributed by atoms with van der Waals surface area (Å²) in [6.45, 7) is 7.54. The van der Waals surface area contributed by atoms with E-state index >= 15 is 0 Å². The van der Waals surface area contributed by atoms with Gasteiger partial charge in [-0.25, -0.2) is 0 Å². The minimum absolute atomic E-state index is 1.38. The Balaban J connectivity index is 2.91. The highest BCUT2D eigenvalue weighted by Crippen LogP contribution is 2.19. The molecule has 18 heavy (non-hydrogen) atoms. The summed E-state index contributed by atoms with van der Waals surface area (Å²) in [4.78, 5) is 30.0. The molecule has 0 amide bonds. The van der Waals surface area contributed by atoms with Crippen LogP contribution >= 0.6 is 0 Å². The Hall–Kier alpha value is 0.764.